The molecule has 0 bridgehead atoms. The molecule has 3 nitrogen and oxygen atoms in total. The monoisotopic (exact) mass is 269 g/mol. The van der Waals surface area contributed by atoms with E-state index < -0.39 is 0 Å². The number of aliphatic imine (C=N–C) groups is 2. The van der Waals surface area contributed by atoms with Gasteiger partial charge in [0.25, 0.3) is 0 Å². The Morgan fingerprint density at radius 2 is 1.74 bits per heavy atom. The molecule has 0 unspecified atom stereocenters. The highest BCUT2D eigenvalue weighted by Crippen LogP contribution is 2.33. The third kappa shape index (κ3) is 2.51. The molecule has 0 amide bonds. The summed E-state index contributed by atoms with van der Waals surface area (Å²) in [7, 11) is 0. The first-order valence-electron chi connectivity index (χ1n) is 5.98. The van der Waals surface area contributed by atoms with Crippen LogP contribution in [-0.4, -0.2) is 11.5 Å². The van der Waals surface area contributed by atoms with Crippen molar-refractivity contribution in [3.8, 4) is 0 Å². The van der Waals surface area contributed by atoms with Gasteiger partial charge in [-0.3, -0.25) is 4.99 Å². The lowest BCUT2D eigenvalue weighted by Crippen LogP contribution is -2.16. The molecule has 0 aliphatic carbocycles. The maximum Gasteiger partial charge on any atom is 0.106 e. The molecule has 0 aromatic heterocycles. The fourth-order valence-electron chi connectivity index (χ4n) is 2.03. The quantitative estimate of drug-likeness (QED) is 0.840. The van der Waals surface area contributed by atoms with Gasteiger partial charge in [-0.15, -0.1) is 0 Å². The fourth-order valence-corrected chi connectivity index (χ4v) is 2.19. The number of benzene rings is 2. The zero-order chi connectivity index (χ0) is 13.2. The van der Waals surface area contributed by atoms with E-state index in [1.165, 1.54) is 0 Å². The summed E-state index contributed by atoms with van der Waals surface area (Å²) in [6.07, 6.45) is 0.538. The zero-order valence-corrected chi connectivity index (χ0v) is 10.9. The average Bonchev–Trinajstić information content (AvgIpc) is 2.57. The predicted molar refractivity (Wildman–Crippen MR) is 80.0 cm³/mol. The number of nitrogens with two attached hydrogens (primary N) is 1. The fraction of sp³-hybridized carbons (Fsp3) is 0.0667. The zero-order valence-electron chi connectivity index (χ0n) is 10.2. The smallest absolute Gasteiger partial charge is 0.106 e. The van der Waals surface area contributed by atoms with Gasteiger partial charge in [-0.2, -0.15) is 0 Å². The van der Waals surface area contributed by atoms with Crippen LogP contribution in [-0.2, 0) is 0 Å². The minimum atomic E-state index is 0.538. The number of hydrogen-bond donors (Lipinski definition) is 1. The van der Waals surface area contributed by atoms with Crippen LogP contribution in [0.4, 0.5) is 11.4 Å². The van der Waals surface area contributed by atoms with Crippen molar-refractivity contribution in [2.75, 3.05) is 0 Å². The van der Waals surface area contributed by atoms with Crippen LogP contribution < -0.4 is 5.73 Å². The lowest BCUT2D eigenvalue weighted by molar-refractivity contribution is 1.41. The highest BCUT2D eigenvalue weighted by Gasteiger charge is 2.13. The van der Waals surface area contributed by atoms with Gasteiger partial charge < -0.3 is 5.73 Å². The van der Waals surface area contributed by atoms with Gasteiger partial charge in [-0.05, 0) is 23.8 Å². The van der Waals surface area contributed by atoms with Crippen molar-refractivity contribution in [1.29, 1.82) is 0 Å². The van der Waals surface area contributed by atoms with E-state index in [1.807, 2.05) is 42.5 Å². The number of rotatable bonds is 1. The largest absolute Gasteiger partial charge is 0.387 e. The SMILES string of the molecule is NC1=Nc2cc(Cl)ccc2N=C(c2ccccc2)C1. The van der Waals surface area contributed by atoms with E-state index in [0.29, 0.717) is 17.3 Å². The van der Waals surface area contributed by atoms with Gasteiger partial charge in [0.1, 0.15) is 5.84 Å². The van der Waals surface area contributed by atoms with E-state index in [1.54, 1.807) is 6.07 Å². The van der Waals surface area contributed by atoms with E-state index in [9.17, 15) is 0 Å². The van der Waals surface area contributed by atoms with Gasteiger partial charge in [-0.1, -0.05) is 41.9 Å². The van der Waals surface area contributed by atoms with Crippen molar-refractivity contribution in [1.82, 2.24) is 0 Å². The molecule has 3 rings (SSSR count). The van der Waals surface area contributed by atoms with E-state index >= 15 is 0 Å². The Labute approximate surface area is 116 Å². The summed E-state index contributed by atoms with van der Waals surface area (Å²) in [5.41, 5.74) is 9.45. The van der Waals surface area contributed by atoms with Gasteiger partial charge in [0.05, 0.1) is 17.1 Å². The van der Waals surface area contributed by atoms with Crippen molar-refractivity contribution < 1.29 is 0 Å². The molecule has 1 aliphatic rings. The molecule has 0 saturated carbocycles. The number of fused-ring (bicyclic) bond motifs is 1. The first kappa shape index (κ1) is 11.9. The Morgan fingerprint density at radius 1 is 0.947 bits per heavy atom. The molecule has 4 heteroatoms. The van der Waals surface area contributed by atoms with Crippen LogP contribution in [0.1, 0.15) is 12.0 Å². The molecule has 2 aromatic rings. The maximum atomic E-state index is 5.97. The number of hydrogen-bond acceptors (Lipinski definition) is 3. The van der Waals surface area contributed by atoms with Crippen molar-refractivity contribution >= 4 is 34.5 Å². The van der Waals surface area contributed by atoms with Gasteiger partial charge in [-0.25, -0.2) is 4.99 Å². The summed E-state index contributed by atoms with van der Waals surface area (Å²) >= 11 is 5.97. The van der Waals surface area contributed by atoms with Crippen LogP contribution in [0, 0.1) is 0 Å². The molecular weight excluding hydrogens is 258 g/mol. The van der Waals surface area contributed by atoms with Crippen molar-refractivity contribution in [3.63, 3.8) is 0 Å². The van der Waals surface area contributed by atoms with Crippen LogP contribution in [0.3, 0.4) is 0 Å². The Bertz CT molecular complexity index is 675. The van der Waals surface area contributed by atoms with Crippen LogP contribution in [0.2, 0.25) is 5.02 Å². The second-order valence-electron chi connectivity index (χ2n) is 4.34. The van der Waals surface area contributed by atoms with E-state index in [-0.39, 0.29) is 0 Å². The summed E-state index contributed by atoms with van der Waals surface area (Å²) in [6.45, 7) is 0. The normalized spacial score (nSPS) is 14.2. The molecule has 2 N–H and O–H groups in total. The molecule has 0 spiro atoms. The van der Waals surface area contributed by atoms with Crippen LogP contribution in [0.15, 0.2) is 58.5 Å². The molecule has 19 heavy (non-hydrogen) atoms. The van der Waals surface area contributed by atoms with Crippen molar-refractivity contribution in [2.24, 2.45) is 15.7 Å². The molecule has 0 saturated heterocycles. The second kappa shape index (κ2) is 4.86. The predicted octanol–water partition coefficient (Wildman–Crippen LogP) is 3.85. The number of halogens is 1. The van der Waals surface area contributed by atoms with Gasteiger partial charge in [0.15, 0.2) is 0 Å². The molecular formula is C15H12ClN3. The third-order valence-electron chi connectivity index (χ3n) is 2.91. The first-order chi connectivity index (χ1) is 9.22. The van der Waals surface area contributed by atoms with Gasteiger partial charge in [0.2, 0.25) is 0 Å². The topological polar surface area (TPSA) is 50.7 Å². The van der Waals surface area contributed by atoms with E-state index in [2.05, 4.69) is 9.98 Å². The Morgan fingerprint density at radius 3 is 2.53 bits per heavy atom. The summed E-state index contributed by atoms with van der Waals surface area (Å²) < 4.78 is 0. The van der Waals surface area contributed by atoms with Crippen molar-refractivity contribution in [2.45, 2.75) is 6.42 Å². The highest BCUT2D eigenvalue weighted by molar-refractivity contribution is 6.31. The number of nitrogens with zero attached hydrogens (tertiary/aromatic N) is 2. The van der Waals surface area contributed by atoms with Crippen LogP contribution in [0.25, 0.3) is 0 Å². The molecule has 0 fully saturated rings. The van der Waals surface area contributed by atoms with Crippen molar-refractivity contribution in [3.05, 3.63) is 59.1 Å². The first-order valence-corrected chi connectivity index (χ1v) is 6.36. The maximum absolute atomic E-state index is 5.97. The number of amidine groups is 1. The molecule has 1 heterocycles. The standard InChI is InChI=1S/C15H12ClN3/c16-11-6-7-12-14(8-11)19-15(17)9-13(18-12)10-4-2-1-3-5-10/h1-8H,9H2,(H2,17,19). The van der Waals surface area contributed by atoms with E-state index in [0.717, 1.165) is 22.6 Å². The summed E-state index contributed by atoms with van der Waals surface area (Å²) in [5.74, 6) is 0.545. The molecule has 0 radical (unpaired) electrons. The van der Waals surface area contributed by atoms with Gasteiger partial charge in [0, 0.05) is 11.4 Å². The Kier molecular flexibility index (Phi) is 3.05. The molecule has 94 valence electrons. The lowest BCUT2D eigenvalue weighted by Gasteiger charge is -2.04. The Hall–Kier alpha value is -2.13. The van der Waals surface area contributed by atoms with Crippen LogP contribution in [0.5, 0.6) is 0 Å². The lowest BCUT2D eigenvalue weighted by atomic mass is 10.1. The third-order valence-corrected chi connectivity index (χ3v) is 3.15. The molecule has 0 atom stereocenters. The average molecular weight is 270 g/mol. The summed E-state index contributed by atoms with van der Waals surface area (Å²) in [4.78, 5) is 9.04. The highest BCUT2D eigenvalue weighted by atomic mass is 35.5. The second-order valence-corrected chi connectivity index (χ2v) is 4.77. The molecule has 1 aliphatic heterocycles. The summed E-state index contributed by atoms with van der Waals surface area (Å²) in [6, 6.07) is 15.4. The Balaban J connectivity index is 2.14. The minimum absolute atomic E-state index is 0.538. The molecule has 2 aromatic carbocycles. The summed E-state index contributed by atoms with van der Waals surface area (Å²) in [5, 5.41) is 0.633. The van der Waals surface area contributed by atoms with E-state index in [4.69, 9.17) is 17.3 Å². The van der Waals surface area contributed by atoms with Crippen LogP contribution >= 0.6 is 11.6 Å². The minimum Gasteiger partial charge on any atom is -0.387 e. The van der Waals surface area contributed by atoms with Gasteiger partial charge >= 0.3 is 0 Å².